The zero-order chi connectivity index (χ0) is 17.8. The Morgan fingerprint density at radius 3 is 2.20 bits per heavy atom. The number of carbonyl (C=O) groups is 1. The van der Waals surface area contributed by atoms with Crippen LogP contribution in [0.3, 0.4) is 0 Å². The van der Waals surface area contributed by atoms with Crippen LogP contribution in [0.4, 0.5) is 0 Å². The molecule has 1 heterocycles. The van der Waals surface area contributed by atoms with Crippen molar-refractivity contribution >= 4 is 12.8 Å². The van der Waals surface area contributed by atoms with E-state index in [9.17, 15) is 9.82 Å². The van der Waals surface area contributed by atoms with Gasteiger partial charge in [-0.2, -0.15) is 0 Å². The Balaban J connectivity index is 1.61. The number of likely N-dealkylation sites (tertiary alicyclic amines) is 1. The van der Waals surface area contributed by atoms with Gasteiger partial charge >= 0.3 is 6.92 Å². The summed E-state index contributed by atoms with van der Waals surface area (Å²) < 4.78 is 0. The highest BCUT2D eigenvalue weighted by Crippen LogP contribution is 2.61. The monoisotopic (exact) mass is 346 g/mol. The first kappa shape index (κ1) is 17.8. The molecule has 2 N–H and O–H groups in total. The van der Waals surface area contributed by atoms with Crippen molar-refractivity contribution in [3.05, 3.63) is 0 Å². The molecule has 1 aliphatic heterocycles. The number of amides is 1. The Morgan fingerprint density at radius 2 is 1.72 bits per heavy atom. The second-order valence-corrected chi connectivity index (χ2v) is 10.0. The third-order valence-electron chi connectivity index (χ3n) is 7.58. The number of carbonyl (C=O) groups excluding carboxylic acids is 1. The molecule has 0 spiro atoms. The van der Waals surface area contributed by atoms with Gasteiger partial charge in [-0.05, 0) is 74.5 Å². The molecule has 4 aliphatic carbocycles. The van der Waals surface area contributed by atoms with E-state index in [4.69, 9.17) is 0 Å². The lowest BCUT2D eigenvalue weighted by atomic mass is 9.47. The molecule has 0 aromatic carbocycles. The SMILES string of the molecule is CB(O)C1CCCN1C(=O)C(NC(C)C)C12CC3CC(CC(C3)C1)C2. The maximum Gasteiger partial charge on any atom is 0.309 e. The molecule has 4 saturated carbocycles. The minimum Gasteiger partial charge on any atom is -0.449 e. The smallest absolute Gasteiger partial charge is 0.309 e. The van der Waals surface area contributed by atoms with Crippen molar-refractivity contribution in [3.8, 4) is 0 Å². The topological polar surface area (TPSA) is 52.6 Å². The normalized spacial score (nSPS) is 40.8. The second kappa shape index (κ2) is 6.56. The molecule has 5 heteroatoms. The fourth-order valence-electron chi connectivity index (χ4n) is 7.11. The standard InChI is InChI=1S/C20H35BN2O2/c1-13(2)22-18(19(24)23-6-4-5-17(23)21(3)25)20-10-14-7-15(11-20)9-16(8-14)12-20/h13-18,22,25H,4-12H2,1-3H3. The van der Waals surface area contributed by atoms with E-state index < -0.39 is 6.92 Å². The van der Waals surface area contributed by atoms with E-state index in [1.165, 1.54) is 38.5 Å². The Bertz CT molecular complexity index is 487. The van der Waals surface area contributed by atoms with Gasteiger partial charge in [-0.15, -0.1) is 0 Å². The summed E-state index contributed by atoms with van der Waals surface area (Å²) >= 11 is 0. The van der Waals surface area contributed by atoms with Gasteiger partial charge in [0.1, 0.15) is 0 Å². The molecule has 4 nitrogen and oxygen atoms in total. The quantitative estimate of drug-likeness (QED) is 0.753. The first-order chi connectivity index (χ1) is 11.9. The summed E-state index contributed by atoms with van der Waals surface area (Å²) in [6, 6.07) is 0.259. The summed E-state index contributed by atoms with van der Waals surface area (Å²) in [5.74, 6) is 2.84. The predicted molar refractivity (Wildman–Crippen MR) is 101 cm³/mol. The van der Waals surface area contributed by atoms with Crippen LogP contribution in [0, 0.1) is 23.2 Å². The van der Waals surface area contributed by atoms with E-state index in [-0.39, 0.29) is 23.3 Å². The van der Waals surface area contributed by atoms with Crippen LogP contribution in [0.15, 0.2) is 0 Å². The van der Waals surface area contributed by atoms with Gasteiger partial charge in [0.2, 0.25) is 5.91 Å². The fraction of sp³-hybridized carbons (Fsp3) is 0.950. The minimum atomic E-state index is -0.428. The Labute approximate surface area is 153 Å². The van der Waals surface area contributed by atoms with Crippen LogP contribution < -0.4 is 5.32 Å². The molecule has 0 aromatic heterocycles. The molecular formula is C20H35BN2O2. The number of rotatable bonds is 5. The van der Waals surface area contributed by atoms with Crippen LogP contribution in [-0.4, -0.2) is 47.3 Å². The Kier molecular flexibility index (Phi) is 4.68. The number of hydrogen-bond acceptors (Lipinski definition) is 3. The molecule has 4 bridgehead atoms. The number of nitrogens with one attached hydrogen (secondary N) is 1. The fourth-order valence-corrected chi connectivity index (χ4v) is 7.11. The van der Waals surface area contributed by atoms with Crippen LogP contribution >= 0.6 is 0 Å². The van der Waals surface area contributed by atoms with E-state index in [0.29, 0.717) is 6.04 Å². The molecule has 25 heavy (non-hydrogen) atoms. The Morgan fingerprint density at radius 1 is 1.16 bits per heavy atom. The van der Waals surface area contributed by atoms with Gasteiger partial charge in [-0.25, -0.2) is 0 Å². The summed E-state index contributed by atoms with van der Waals surface area (Å²) in [6.07, 6.45) is 9.90. The summed E-state index contributed by atoms with van der Waals surface area (Å²) in [5.41, 5.74) is 0.169. The summed E-state index contributed by atoms with van der Waals surface area (Å²) in [4.78, 5) is 15.7. The van der Waals surface area contributed by atoms with Crippen molar-refractivity contribution in [3.63, 3.8) is 0 Å². The molecule has 2 unspecified atom stereocenters. The zero-order valence-electron chi connectivity index (χ0n) is 16.2. The van der Waals surface area contributed by atoms with Crippen molar-refractivity contribution in [2.45, 2.75) is 90.1 Å². The third kappa shape index (κ3) is 3.16. The van der Waals surface area contributed by atoms with Crippen molar-refractivity contribution in [1.82, 2.24) is 10.2 Å². The van der Waals surface area contributed by atoms with Gasteiger partial charge in [0, 0.05) is 18.5 Å². The molecule has 1 saturated heterocycles. The van der Waals surface area contributed by atoms with Crippen molar-refractivity contribution in [2.75, 3.05) is 6.54 Å². The largest absolute Gasteiger partial charge is 0.449 e. The summed E-state index contributed by atoms with van der Waals surface area (Å²) in [7, 11) is 0. The molecule has 140 valence electrons. The lowest BCUT2D eigenvalue weighted by Gasteiger charge is -2.59. The molecule has 5 aliphatic rings. The van der Waals surface area contributed by atoms with Gasteiger partial charge < -0.3 is 15.2 Å². The lowest BCUT2D eigenvalue weighted by molar-refractivity contribution is -0.145. The highest BCUT2D eigenvalue weighted by atomic mass is 16.2. The first-order valence-electron chi connectivity index (χ1n) is 10.6. The van der Waals surface area contributed by atoms with Crippen LogP contribution in [0.25, 0.3) is 0 Å². The number of nitrogens with zero attached hydrogens (tertiary/aromatic N) is 1. The lowest BCUT2D eigenvalue weighted by Crippen LogP contribution is -2.63. The highest BCUT2D eigenvalue weighted by molar-refractivity contribution is 6.51. The van der Waals surface area contributed by atoms with Crippen LogP contribution in [-0.2, 0) is 4.79 Å². The molecule has 5 fully saturated rings. The second-order valence-electron chi connectivity index (χ2n) is 10.0. The highest BCUT2D eigenvalue weighted by Gasteiger charge is 2.57. The van der Waals surface area contributed by atoms with Gasteiger partial charge in [0.25, 0.3) is 0 Å². The third-order valence-corrected chi connectivity index (χ3v) is 7.58. The summed E-state index contributed by atoms with van der Waals surface area (Å²) in [6.45, 7) is 6.55. The van der Waals surface area contributed by atoms with E-state index in [0.717, 1.165) is 37.1 Å². The zero-order valence-corrected chi connectivity index (χ0v) is 16.2. The molecule has 2 atom stereocenters. The predicted octanol–water partition coefficient (Wildman–Crippen LogP) is 2.71. The van der Waals surface area contributed by atoms with Crippen LogP contribution in [0.1, 0.15) is 65.2 Å². The van der Waals surface area contributed by atoms with Crippen molar-refractivity contribution < 1.29 is 9.82 Å². The van der Waals surface area contributed by atoms with Crippen molar-refractivity contribution in [2.24, 2.45) is 23.2 Å². The van der Waals surface area contributed by atoms with Crippen LogP contribution in [0.2, 0.25) is 6.82 Å². The van der Waals surface area contributed by atoms with E-state index in [1.54, 1.807) is 0 Å². The number of hydrogen-bond donors (Lipinski definition) is 2. The molecule has 0 radical (unpaired) electrons. The average Bonchev–Trinajstić information content (AvgIpc) is 3.00. The minimum absolute atomic E-state index is 0.0119. The molecule has 5 rings (SSSR count). The van der Waals surface area contributed by atoms with Crippen LogP contribution in [0.5, 0.6) is 0 Å². The Hall–Kier alpha value is -0.545. The first-order valence-corrected chi connectivity index (χ1v) is 10.6. The van der Waals surface area contributed by atoms with Gasteiger partial charge in [0.15, 0.2) is 0 Å². The van der Waals surface area contributed by atoms with Gasteiger partial charge in [0.05, 0.1) is 6.04 Å². The van der Waals surface area contributed by atoms with E-state index >= 15 is 0 Å². The molecular weight excluding hydrogens is 311 g/mol. The van der Waals surface area contributed by atoms with E-state index in [1.807, 2.05) is 11.7 Å². The maximum atomic E-state index is 13.7. The summed E-state index contributed by atoms with van der Waals surface area (Å²) in [5, 5.41) is 13.9. The molecule has 0 aromatic rings. The molecule has 1 amide bonds. The van der Waals surface area contributed by atoms with E-state index in [2.05, 4.69) is 19.2 Å². The van der Waals surface area contributed by atoms with Crippen molar-refractivity contribution in [1.29, 1.82) is 0 Å². The van der Waals surface area contributed by atoms with Gasteiger partial charge in [-0.1, -0.05) is 20.7 Å². The maximum absolute atomic E-state index is 13.7. The average molecular weight is 346 g/mol. The van der Waals surface area contributed by atoms with Gasteiger partial charge in [-0.3, -0.25) is 4.79 Å².